The first-order valence-electron chi connectivity index (χ1n) is 7.84. The topological polar surface area (TPSA) is 55.6 Å². The second-order valence-corrected chi connectivity index (χ2v) is 5.90. The van der Waals surface area contributed by atoms with Gasteiger partial charge in [0, 0.05) is 13.1 Å². The van der Waals surface area contributed by atoms with Gasteiger partial charge in [-0.15, -0.1) is 0 Å². The molecule has 1 fully saturated rings. The van der Waals surface area contributed by atoms with E-state index in [4.69, 9.17) is 10.5 Å². The van der Waals surface area contributed by atoms with Crippen LogP contribution in [0.3, 0.4) is 0 Å². The van der Waals surface area contributed by atoms with Crippen LogP contribution in [0.2, 0.25) is 0 Å². The van der Waals surface area contributed by atoms with Gasteiger partial charge in [0.2, 0.25) is 0 Å². The van der Waals surface area contributed by atoms with E-state index >= 15 is 0 Å². The minimum absolute atomic E-state index is 0.296. The van der Waals surface area contributed by atoms with Crippen molar-refractivity contribution >= 4 is 17.3 Å². The average Bonchev–Trinajstić information content (AvgIpc) is 2.47. The monoisotopic (exact) mass is 290 g/mol. The average molecular weight is 290 g/mol. The van der Waals surface area contributed by atoms with Gasteiger partial charge >= 0.3 is 5.97 Å². The summed E-state index contributed by atoms with van der Waals surface area (Å²) in [6, 6.07) is 5.88. The Labute approximate surface area is 127 Å². The van der Waals surface area contributed by atoms with Crippen LogP contribution < -0.4 is 10.6 Å². The Bertz CT molecular complexity index is 502. The van der Waals surface area contributed by atoms with Crippen molar-refractivity contribution in [3.63, 3.8) is 0 Å². The van der Waals surface area contributed by atoms with Crippen molar-refractivity contribution in [1.29, 1.82) is 0 Å². The van der Waals surface area contributed by atoms with Crippen molar-refractivity contribution in [2.75, 3.05) is 24.3 Å². The summed E-state index contributed by atoms with van der Waals surface area (Å²) < 4.78 is 5.17. The Kier molecular flexibility index (Phi) is 5.10. The zero-order valence-electron chi connectivity index (χ0n) is 13.3. The molecule has 1 aromatic carbocycles. The summed E-state index contributed by atoms with van der Waals surface area (Å²) in [5.74, 6) is 0.313. The van der Waals surface area contributed by atoms with Crippen LogP contribution in [0, 0.1) is 5.92 Å². The van der Waals surface area contributed by atoms with Crippen LogP contribution in [0.1, 0.15) is 49.9 Å². The lowest BCUT2D eigenvalue weighted by Gasteiger charge is -2.38. The van der Waals surface area contributed by atoms with Gasteiger partial charge in [-0.2, -0.15) is 0 Å². The molecule has 0 radical (unpaired) electrons. The molecular weight excluding hydrogens is 264 g/mol. The van der Waals surface area contributed by atoms with E-state index in [-0.39, 0.29) is 5.97 Å². The zero-order valence-corrected chi connectivity index (χ0v) is 13.3. The van der Waals surface area contributed by atoms with Crippen molar-refractivity contribution in [3.8, 4) is 0 Å². The molecule has 0 aromatic heterocycles. The van der Waals surface area contributed by atoms with Gasteiger partial charge in [0.15, 0.2) is 0 Å². The number of benzene rings is 1. The van der Waals surface area contributed by atoms with Gasteiger partial charge in [0.1, 0.15) is 0 Å². The molecule has 2 N–H and O–H groups in total. The molecule has 0 aliphatic heterocycles. The fourth-order valence-corrected chi connectivity index (χ4v) is 3.37. The number of carbonyl (C=O) groups is 1. The Morgan fingerprint density at radius 1 is 1.38 bits per heavy atom. The first-order chi connectivity index (χ1) is 10.1. The number of esters is 1. The first-order valence-corrected chi connectivity index (χ1v) is 7.84. The standard InChI is InChI=1S/C17H26N2O2/c1-4-21-17(20)13-9-7-10-14(18)16(13)19(3)15-11-6-5-8-12(15)2/h7,9-10,12,15H,4-6,8,11,18H2,1-3H3. The predicted molar refractivity (Wildman–Crippen MR) is 86.6 cm³/mol. The lowest BCUT2D eigenvalue weighted by atomic mass is 9.84. The van der Waals surface area contributed by atoms with E-state index < -0.39 is 0 Å². The van der Waals surface area contributed by atoms with E-state index in [9.17, 15) is 4.79 Å². The van der Waals surface area contributed by atoms with Crippen LogP contribution in [-0.2, 0) is 4.74 Å². The highest BCUT2D eigenvalue weighted by atomic mass is 16.5. The molecule has 0 heterocycles. The van der Waals surface area contributed by atoms with E-state index in [1.165, 1.54) is 19.3 Å². The number of nitrogen functional groups attached to an aromatic ring is 1. The number of anilines is 2. The molecule has 2 rings (SSSR count). The number of nitrogens with zero attached hydrogens (tertiary/aromatic N) is 1. The maximum Gasteiger partial charge on any atom is 0.340 e. The highest BCUT2D eigenvalue weighted by Gasteiger charge is 2.28. The maximum absolute atomic E-state index is 12.2. The van der Waals surface area contributed by atoms with E-state index in [0.29, 0.717) is 29.8 Å². The molecule has 4 nitrogen and oxygen atoms in total. The van der Waals surface area contributed by atoms with Crippen molar-refractivity contribution in [2.45, 2.75) is 45.6 Å². The number of ether oxygens (including phenoxy) is 1. The molecule has 0 bridgehead atoms. The molecule has 1 aliphatic carbocycles. The second kappa shape index (κ2) is 6.83. The van der Waals surface area contributed by atoms with Crippen LogP contribution in [0.15, 0.2) is 18.2 Å². The Morgan fingerprint density at radius 3 is 2.76 bits per heavy atom. The van der Waals surface area contributed by atoms with Gasteiger partial charge in [-0.05, 0) is 37.8 Å². The zero-order chi connectivity index (χ0) is 15.4. The predicted octanol–water partition coefficient (Wildman–Crippen LogP) is 3.46. The Balaban J connectivity index is 2.35. The van der Waals surface area contributed by atoms with Crippen molar-refractivity contribution < 1.29 is 9.53 Å². The van der Waals surface area contributed by atoms with E-state index in [1.54, 1.807) is 6.07 Å². The fraction of sp³-hybridized carbons (Fsp3) is 0.588. The first kappa shape index (κ1) is 15.7. The van der Waals surface area contributed by atoms with E-state index in [2.05, 4.69) is 11.8 Å². The minimum atomic E-state index is -0.296. The van der Waals surface area contributed by atoms with Crippen LogP contribution in [0.5, 0.6) is 0 Å². The number of hydrogen-bond acceptors (Lipinski definition) is 4. The number of para-hydroxylation sites is 1. The molecule has 1 aliphatic rings. The minimum Gasteiger partial charge on any atom is -0.462 e. The van der Waals surface area contributed by atoms with Gasteiger partial charge in [-0.1, -0.05) is 25.8 Å². The van der Waals surface area contributed by atoms with Gasteiger partial charge in [-0.25, -0.2) is 4.79 Å². The molecular formula is C17H26N2O2. The van der Waals surface area contributed by atoms with E-state index in [0.717, 1.165) is 12.1 Å². The van der Waals surface area contributed by atoms with E-state index in [1.807, 2.05) is 26.1 Å². The largest absolute Gasteiger partial charge is 0.462 e. The molecule has 0 spiro atoms. The fourth-order valence-electron chi connectivity index (χ4n) is 3.37. The summed E-state index contributed by atoms with van der Waals surface area (Å²) in [4.78, 5) is 14.4. The van der Waals surface area contributed by atoms with Crippen molar-refractivity contribution in [2.24, 2.45) is 5.92 Å². The smallest absolute Gasteiger partial charge is 0.340 e. The maximum atomic E-state index is 12.2. The molecule has 0 saturated heterocycles. The number of nitrogens with two attached hydrogens (primary N) is 1. The molecule has 21 heavy (non-hydrogen) atoms. The summed E-state index contributed by atoms with van der Waals surface area (Å²) >= 11 is 0. The van der Waals surface area contributed by atoms with Crippen LogP contribution in [0.25, 0.3) is 0 Å². The molecule has 1 aromatic rings. The lowest BCUT2D eigenvalue weighted by Crippen LogP contribution is -2.40. The van der Waals surface area contributed by atoms with Crippen LogP contribution in [-0.4, -0.2) is 25.7 Å². The highest BCUT2D eigenvalue weighted by molar-refractivity contribution is 5.99. The van der Waals surface area contributed by atoms with Gasteiger partial charge in [0.05, 0.1) is 23.5 Å². The molecule has 4 heteroatoms. The molecule has 116 valence electrons. The molecule has 0 amide bonds. The Morgan fingerprint density at radius 2 is 2.10 bits per heavy atom. The third kappa shape index (κ3) is 3.31. The summed E-state index contributed by atoms with van der Waals surface area (Å²) in [6.45, 7) is 4.47. The third-order valence-corrected chi connectivity index (χ3v) is 4.48. The summed E-state index contributed by atoms with van der Waals surface area (Å²) in [5.41, 5.74) is 8.18. The SMILES string of the molecule is CCOC(=O)c1cccc(N)c1N(C)C1CCCCC1C. The van der Waals surface area contributed by atoms with Gasteiger partial charge in [-0.3, -0.25) is 0 Å². The molecule has 1 saturated carbocycles. The van der Waals surface area contributed by atoms with Crippen LogP contribution >= 0.6 is 0 Å². The normalized spacial score (nSPS) is 21.9. The number of hydrogen-bond donors (Lipinski definition) is 1. The number of carbonyl (C=O) groups excluding carboxylic acids is 1. The Hall–Kier alpha value is -1.71. The second-order valence-electron chi connectivity index (χ2n) is 5.90. The van der Waals surface area contributed by atoms with Crippen molar-refractivity contribution in [3.05, 3.63) is 23.8 Å². The lowest BCUT2D eigenvalue weighted by molar-refractivity contribution is 0.0527. The number of rotatable bonds is 4. The third-order valence-electron chi connectivity index (χ3n) is 4.48. The van der Waals surface area contributed by atoms with Crippen molar-refractivity contribution in [1.82, 2.24) is 0 Å². The molecule has 2 unspecified atom stereocenters. The van der Waals surface area contributed by atoms with Gasteiger partial charge in [0.25, 0.3) is 0 Å². The quantitative estimate of drug-likeness (QED) is 0.681. The van der Waals surface area contributed by atoms with Gasteiger partial charge < -0.3 is 15.4 Å². The summed E-state index contributed by atoms with van der Waals surface area (Å²) in [6.07, 6.45) is 4.91. The summed E-state index contributed by atoms with van der Waals surface area (Å²) in [5, 5.41) is 0. The van der Waals surface area contributed by atoms with Crippen LogP contribution in [0.4, 0.5) is 11.4 Å². The molecule has 2 atom stereocenters. The highest BCUT2D eigenvalue weighted by Crippen LogP contribution is 2.35. The summed E-state index contributed by atoms with van der Waals surface area (Å²) in [7, 11) is 2.04.